The zero-order chi connectivity index (χ0) is 29.2. The van der Waals surface area contributed by atoms with Gasteiger partial charge in [0.15, 0.2) is 17.5 Å². The molecule has 4 rings (SSSR count). The normalized spacial score (nSPS) is 15.2. The van der Waals surface area contributed by atoms with E-state index in [1.807, 2.05) is 46.4 Å². The zero-order valence-electron chi connectivity index (χ0n) is 24.1. The van der Waals surface area contributed by atoms with E-state index in [1.54, 1.807) is 12.1 Å². The van der Waals surface area contributed by atoms with Gasteiger partial charge in [0, 0.05) is 30.3 Å². The lowest BCUT2D eigenvalue weighted by Crippen LogP contribution is -2.54. The highest BCUT2D eigenvalue weighted by Crippen LogP contribution is 2.40. The van der Waals surface area contributed by atoms with Crippen molar-refractivity contribution >= 4 is 5.91 Å². The van der Waals surface area contributed by atoms with Gasteiger partial charge in [0.05, 0.1) is 11.2 Å². The number of carbonyl (C=O) groups is 1. The van der Waals surface area contributed by atoms with Gasteiger partial charge >= 0.3 is 0 Å². The molecule has 1 unspecified atom stereocenters. The van der Waals surface area contributed by atoms with Gasteiger partial charge in [-0.25, -0.2) is 22.5 Å². The molecule has 0 N–H and O–H groups in total. The van der Waals surface area contributed by atoms with Gasteiger partial charge in [-0.05, 0) is 63.3 Å². The molecule has 0 radical (unpaired) electrons. The molecule has 1 aromatic heterocycles. The van der Waals surface area contributed by atoms with E-state index in [4.69, 9.17) is 4.98 Å². The van der Waals surface area contributed by atoms with Crippen LogP contribution in [0.25, 0.3) is 11.3 Å². The number of rotatable bonds is 5. The molecule has 2 heterocycles. The zero-order valence-corrected chi connectivity index (χ0v) is 24.1. The summed E-state index contributed by atoms with van der Waals surface area (Å²) in [7, 11) is 0. The van der Waals surface area contributed by atoms with Crippen molar-refractivity contribution in [1.29, 1.82) is 0 Å². The van der Waals surface area contributed by atoms with Gasteiger partial charge in [-0.3, -0.25) is 4.79 Å². The van der Waals surface area contributed by atoms with Crippen molar-refractivity contribution in [3.8, 4) is 11.3 Å². The van der Waals surface area contributed by atoms with Crippen LogP contribution in [0.1, 0.15) is 77.9 Å². The van der Waals surface area contributed by atoms with Gasteiger partial charge in [-0.15, -0.1) is 0 Å². The van der Waals surface area contributed by atoms with Crippen LogP contribution in [-0.4, -0.2) is 26.9 Å². The number of hydrogen-bond acceptors (Lipinski definition) is 2. The maximum absolute atomic E-state index is 14.0. The van der Waals surface area contributed by atoms with Crippen LogP contribution in [-0.2, 0) is 16.9 Å². The Balaban J connectivity index is 0.000000449. The van der Waals surface area contributed by atoms with Crippen LogP contribution in [0.15, 0.2) is 36.4 Å². The number of amides is 1. The molecule has 0 bridgehead atoms. The maximum atomic E-state index is 14.0. The second kappa shape index (κ2) is 11.9. The molecule has 0 saturated carbocycles. The summed E-state index contributed by atoms with van der Waals surface area (Å²) in [6.45, 7) is 17.0. The van der Waals surface area contributed by atoms with E-state index < -0.39 is 23.0 Å². The van der Waals surface area contributed by atoms with Crippen LogP contribution < -0.4 is 0 Å². The van der Waals surface area contributed by atoms with E-state index >= 15 is 0 Å². The fourth-order valence-electron chi connectivity index (χ4n) is 5.30. The lowest BCUT2D eigenvalue weighted by molar-refractivity contribution is -0.145. The van der Waals surface area contributed by atoms with Crippen LogP contribution in [0, 0.1) is 42.0 Å². The molecule has 0 fully saturated rings. The first-order valence-electron chi connectivity index (χ1n) is 13.5. The molecular formula is C31H39F4N3O. The van der Waals surface area contributed by atoms with Crippen LogP contribution in [0.5, 0.6) is 0 Å². The maximum Gasteiger partial charge on any atom is 0.226 e. The first-order valence-corrected chi connectivity index (χ1v) is 13.5. The summed E-state index contributed by atoms with van der Waals surface area (Å²) in [5.74, 6) is -3.20. The number of fused-ring (bicyclic) bond motifs is 1. The summed E-state index contributed by atoms with van der Waals surface area (Å²) < 4.78 is 55.6. The van der Waals surface area contributed by atoms with Crippen LogP contribution in [0.4, 0.5) is 17.6 Å². The fourth-order valence-corrected chi connectivity index (χ4v) is 5.30. The Morgan fingerprint density at radius 3 is 2.00 bits per heavy atom. The molecule has 0 aliphatic carbocycles. The lowest BCUT2D eigenvalue weighted by atomic mass is 9.88. The summed E-state index contributed by atoms with van der Waals surface area (Å²) in [4.78, 5) is 20.0. The minimum atomic E-state index is -1.49. The van der Waals surface area contributed by atoms with Crippen LogP contribution in [0.3, 0.4) is 0 Å². The standard InChI is InChI=1S/C24H32F3N3O.C7H7F/c1-8-16(13(2)3)22(31)30-10-9-29-21(14(4)5)20(28-23(29)24(30,6)7)15-11-17(25)19(27)18(26)12-15;1-6-2-4-7(8)5-3-6/h11-14,16H,8-10H2,1-7H3;2-5H,1H3. The van der Waals surface area contributed by atoms with Crippen molar-refractivity contribution < 1.29 is 22.4 Å². The van der Waals surface area contributed by atoms with Crippen LogP contribution >= 0.6 is 0 Å². The number of halogens is 4. The van der Waals surface area contributed by atoms with Gasteiger partial charge in [-0.1, -0.05) is 52.3 Å². The predicted octanol–water partition coefficient (Wildman–Crippen LogP) is 7.98. The van der Waals surface area contributed by atoms with Crippen molar-refractivity contribution in [1.82, 2.24) is 14.5 Å². The highest BCUT2D eigenvalue weighted by molar-refractivity contribution is 5.80. The molecule has 2 aromatic carbocycles. The minimum absolute atomic E-state index is 0.0181. The van der Waals surface area contributed by atoms with Crippen LogP contribution in [0.2, 0.25) is 0 Å². The smallest absolute Gasteiger partial charge is 0.226 e. The highest BCUT2D eigenvalue weighted by atomic mass is 19.2. The fraction of sp³-hybridized carbons (Fsp3) is 0.484. The average Bonchev–Trinajstić information content (AvgIpc) is 3.26. The monoisotopic (exact) mass is 545 g/mol. The molecule has 1 atom stereocenters. The molecular weight excluding hydrogens is 506 g/mol. The van der Waals surface area contributed by atoms with Gasteiger partial charge < -0.3 is 9.47 Å². The Kier molecular flexibility index (Phi) is 9.29. The number of benzene rings is 2. The van der Waals surface area contributed by atoms with Crippen molar-refractivity contribution in [2.75, 3.05) is 6.54 Å². The summed E-state index contributed by atoms with van der Waals surface area (Å²) in [5, 5.41) is 0. The third-order valence-electron chi connectivity index (χ3n) is 7.42. The SMILES string of the molecule is CCC(C(=O)N1CCn2c(nc(-c3cc(F)c(F)c(F)c3)c2C(C)C)C1(C)C)C(C)C.Cc1ccc(F)cc1. The van der Waals surface area contributed by atoms with Crippen molar-refractivity contribution in [3.63, 3.8) is 0 Å². The molecule has 4 nitrogen and oxygen atoms in total. The lowest BCUT2D eigenvalue weighted by Gasteiger charge is -2.44. The van der Waals surface area contributed by atoms with Gasteiger partial charge in [0.25, 0.3) is 0 Å². The number of carbonyl (C=O) groups excluding carboxylic acids is 1. The van der Waals surface area contributed by atoms with E-state index in [0.717, 1.165) is 29.8 Å². The van der Waals surface area contributed by atoms with Gasteiger partial charge in [-0.2, -0.15) is 0 Å². The van der Waals surface area contributed by atoms with Gasteiger partial charge in [0.1, 0.15) is 11.6 Å². The number of imidazole rings is 1. The molecule has 1 amide bonds. The third kappa shape index (κ3) is 6.20. The minimum Gasteiger partial charge on any atom is -0.328 e. The van der Waals surface area contributed by atoms with Gasteiger partial charge in [0.2, 0.25) is 5.91 Å². The summed E-state index contributed by atoms with van der Waals surface area (Å²) in [6.07, 6.45) is 0.758. The van der Waals surface area contributed by atoms with E-state index in [-0.39, 0.29) is 35.0 Å². The second-order valence-corrected chi connectivity index (χ2v) is 11.3. The Morgan fingerprint density at radius 1 is 0.974 bits per heavy atom. The molecule has 1 aliphatic heterocycles. The highest BCUT2D eigenvalue weighted by Gasteiger charge is 2.43. The Morgan fingerprint density at radius 2 is 1.54 bits per heavy atom. The van der Waals surface area contributed by atoms with Crippen molar-refractivity contribution in [2.45, 2.75) is 79.8 Å². The van der Waals surface area contributed by atoms with E-state index in [9.17, 15) is 22.4 Å². The largest absolute Gasteiger partial charge is 0.328 e. The quantitative estimate of drug-likeness (QED) is 0.241. The molecule has 1 aliphatic rings. The molecule has 0 saturated heterocycles. The summed E-state index contributed by atoms with van der Waals surface area (Å²) in [5.41, 5.74) is 1.85. The van der Waals surface area contributed by atoms with Crippen molar-refractivity contribution in [2.24, 2.45) is 11.8 Å². The van der Waals surface area contributed by atoms with E-state index in [1.165, 1.54) is 12.1 Å². The topological polar surface area (TPSA) is 38.1 Å². The average molecular weight is 546 g/mol. The molecule has 0 spiro atoms. The van der Waals surface area contributed by atoms with Crippen molar-refractivity contribution in [3.05, 3.63) is 76.7 Å². The number of nitrogens with zero attached hydrogens (tertiary/aromatic N) is 3. The number of aromatic nitrogens is 2. The molecule has 8 heteroatoms. The molecule has 3 aromatic rings. The first-order chi connectivity index (χ1) is 18.2. The Bertz CT molecular complexity index is 1270. The third-order valence-corrected chi connectivity index (χ3v) is 7.42. The van der Waals surface area contributed by atoms with E-state index in [2.05, 4.69) is 18.4 Å². The summed E-state index contributed by atoms with van der Waals surface area (Å²) in [6, 6.07) is 8.37. The summed E-state index contributed by atoms with van der Waals surface area (Å²) >= 11 is 0. The Labute approximate surface area is 229 Å². The molecule has 39 heavy (non-hydrogen) atoms. The van der Waals surface area contributed by atoms with E-state index in [0.29, 0.717) is 24.6 Å². The second-order valence-electron chi connectivity index (χ2n) is 11.3. The Hall–Kier alpha value is -3.16. The predicted molar refractivity (Wildman–Crippen MR) is 146 cm³/mol. The first kappa shape index (κ1) is 30.4. The number of hydrogen-bond donors (Lipinski definition) is 0. The molecule has 212 valence electrons. The number of aryl methyl sites for hydroxylation is 1.